The molecule has 0 aliphatic carbocycles. The number of rotatable bonds is 4. The minimum atomic E-state index is -0.122. The number of aliphatic hydroxyl groups excluding tert-OH is 1. The maximum absolute atomic E-state index is 12.9. The van der Waals surface area contributed by atoms with Crippen molar-refractivity contribution in [2.45, 2.75) is 4.90 Å². The van der Waals surface area contributed by atoms with Crippen LogP contribution in [0.1, 0.15) is 5.56 Å². The van der Waals surface area contributed by atoms with Gasteiger partial charge in [-0.25, -0.2) is 9.29 Å². The van der Waals surface area contributed by atoms with Crippen LogP contribution < -0.4 is 0 Å². The van der Waals surface area contributed by atoms with E-state index in [2.05, 4.69) is 27.5 Å². The molecule has 0 saturated heterocycles. The summed E-state index contributed by atoms with van der Waals surface area (Å²) in [6.07, 6.45) is 0.929. The molecule has 5 rings (SSSR count). The van der Waals surface area contributed by atoms with Crippen molar-refractivity contribution in [3.05, 3.63) is 77.0 Å². The third-order valence-corrected chi connectivity index (χ3v) is 7.04. The zero-order chi connectivity index (χ0) is 19.8. The highest BCUT2D eigenvalue weighted by atomic mass is 32.2. The van der Waals surface area contributed by atoms with Crippen molar-refractivity contribution in [2.75, 3.05) is 26.2 Å². The quantitative estimate of drug-likeness (QED) is 0.294. The number of nitrogens with zero attached hydrogens (tertiary/aromatic N) is 3. The average molecular weight is 422 g/mol. The van der Waals surface area contributed by atoms with E-state index in [-0.39, 0.29) is 5.91 Å². The molecule has 0 radical (unpaired) electrons. The van der Waals surface area contributed by atoms with Crippen LogP contribution in [0.15, 0.2) is 76.3 Å². The molecule has 5 nitrogen and oxygen atoms in total. The molecular weight excluding hydrogens is 402 g/mol. The van der Waals surface area contributed by atoms with Gasteiger partial charge in [-0.3, -0.25) is 4.79 Å². The van der Waals surface area contributed by atoms with E-state index >= 15 is 0 Å². The summed E-state index contributed by atoms with van der Waals surface area (Å²) in [5.41, 5.74) is 6.63. The summed E-state index contributed by atoms with van der Waals surface area (Å²) in [6, 6.07) is 15.7. The first-order valence-electron chi connectivity index (χ1n) is 9.36. The molecule has 146 valence electrons. The number of aromatic nitrogens is 1. The fourth-order valence-electron chi connectivity index (χ4n) is 3.84. The molecule has 3 heterocycles. The van der Waals surface area contributed by atoms with Crippen LogP contribution in [0.3, 0.4) is 0 Å². The number of thiazole rings is 1. The molecule has 2 aliphatic rings. The van der Waals surface area contributed by atoms with E-state index in [0.717, 1.165) is 30.4 Å². The maximum Gasteiger partial charge on any atom is 0.258 e. The Morgan fingerprint density at radius 3 is 2.55 bits per heavy atom. The molecule has 0 bridgehead atoms. The number of benzene rings is 2. The first kappa shape index (κ1) is 18.4. The van der Waals surface area contributed by atoms with Crippen molar-refractivity contribution in [1.82, 2.24) is 14.2 Å². The highest BCUT2D eigenvalue weighted by molar-refractivity contribution is 7.97. The number of fused-ring (bicyclic) bond motifs is 1. The Balaban J connectivity index is 1.22. The SMILES string of the molecule is O=C(/C(=C/O)c1ccccc1)N1CC2=C(CN(Sc3ccc4ncsc4c3)C2)C1. The summed E-state index contributed by atoms with van der Waals surface area (Å²) in [5, 5.41) is 9.64. The summed E-state index contributed by atoms with van der Waals surface area (Å²) in [5.74, 6) is -0.122. The molecule has 0 saturated carbocycles. The van der Waals surface area contributed by atoms with Gasteiger partial charge in [0.2, 0.25) is 0 Å². The van der Waals surface area contributed by atoms with Crippen molar-refractivity contribution >= 4 is 45.0 Å². The van der Waals surface area contributed by atoms with Crippen LogP contribution in [0.2, 0.25) is 0 Å². The second kappa shape index (κ2) is 7.67. The fourth-order valence-corrected chi connectivity index (χ4v) is 5.67. The van der Waals surface area contributed by atoms with E-state index in [9.17, 15) is 9.90 Å². The summed E-state index contributed by atoms with van der Waals surface area (Å²) < 4.78 is 3.55. The van der Waals surface area contributed by atoms with Gasteiger partial charge in [0.15, 0.2) is 0 Å². The third-order valence-electron chi connectivity index (χ3n) is 5.27. The van der Waals surface area contributed by atoms with E-state index in [0.29, 0.717) is 18.7 Å². The van der Waals surface area contributed by atoms with Crippen LogP contribution in [-0.2, 0) is 4.79 Å². The van der Waals surface area contributed by atoms with Gasteiger partial charge in [-0.1, -0.05) is 30.3 Å². The molecule has 1 N–H and O–H groups in total. The molecule has 0 spiro atoms. The number of hydrogen-bond donors (Lipinski definition) is 1. The molecule has 7 heteroatoms. The van der Waals surface area contributed by atoms with Gasteiger partial charge < -0.3 is 10.0 Å². The molecule has 29 heavy (non-hydrogen) atoms. The number of carbonyl (C=O) groups is 1. The number of hydrogen-bond acceptors (Lipinski definition) is 6. The largest absolute Gasteiger partial charge is 0.515 e. The van der Waals surface area contributed by atoms with Crippen molar-refractivity contribution < 1.29 is 9.90 Å². The summed E-state index contributed by atoms with van der Waals surface area (Å²) in [7, 11) is 0. The van der Waals surface area contributed by atoms with Crippen molar-refractivity contribution in [3.63, 3.8) is 0 Å². The first-order chi connectivity index (χ1) is 14.2. The smallest absolute Gasteiger partial charge is 0.258 e. The van der Waals surface area contributed by atoms with Gasteiger partial charge in [-0.15, -0.1) is 11.3 Å². The predicted octanol–water partition coefficient (Wildman–Crippen LogP) is 4.36. The van der Waals surface area contributed by atoms with Crippen molar-refractivity contribution in [2.24, 2.45) is 0 Å². The van der Waals surface area contributed by atoms with Crippen molar-refractivity contribution in [3.8, 4) is 0 Å². The molecule has 1 aromatic heterocycles. The lowest BCUT2D eigenvalue weighted by molar-refractivity contribution is -0.124. The fraction of sp³-hybridized carbons (Fsp3) is 0.182. The third kappa shape index (κ3) is 3.57. The lowest BCUT2D eigenvalue weighted by Crippen LogP contribution is -2.33. The van der Waals surface area contributed by atoms with E-state index in [1.165, 1.54) is 20.7 Å². The summed E-state index contributed by atoms with van der Waals surface area (Å²) >= 11 is 3.42. The van der Waals surface area contributed by atoms with Crippen molar-refractivity contribution in [1.29, 1.82) is 0 Å². The zero-order valence-corrected chi connectivity index (χ0v) is 17.2. The number of aliphatic hydroxyl groups is 1. The Labute approximate surface area is 177 Å². The minimum Gasteiger partial charge on any atom is -0.515 e. The normalized spacial score (nSPS) is 17.4. The Hall–Kier alpha value is -2.61. The van der Waals surface area contributed by atoms with Crippen LogP contribution >= 0.6 is 23.3 Å². The molecule has 1 amide bonds. The highest BCUT2D eigenvalue weighted by Gasteiger charge is 2.33. The van der Waals surface area contributed by atoms with E-state index < -0.39 is 0 Å². The van der Waals surface area contributed by atoms with Gasteiger partial charge in [0.1, 0.15) is 0 Å². The Bertz CT molecular complexity index is 1120. The minimum absolute atomic E-state index is 0.122. The van der Waals surface area contributed by atoms with Gasteiger partial charge in [0, 0.05) is 31.1 Å². The van der Waals surface area contributed by atoms with Crippen LogP contribution in [0.25, 0.3) is 15.8 Å². The van der Waals surface area contributed by atoms with E-state index in [1.54, 1.807) is 23.3 Å². The second-order valence-electron chi connectivity index (χ2n) is 7.15. The van der Waals surface area contributed by atoms with Crippen LogP contribution in [-0.4, -0.2) is 51.4 Å². The molecule has 2 aromatic carbocycles. The molecule has 0 unspecified atom stereocenters. The topological polar surface area (TPSA) is 56.7 Å². The highest BCUT2D eigenvalue weighted by Crippen LogP contribution is 2.35. The van der Waals surface area contributed by atoms with Gasteiger partial charge in [-0.05, 0) is 46.9 Å². The first-order valence-corrected chi connectivity index (χ1v) is 11.0. The van der Waals surface area contributed by atoms with Gasteiger partial charge >= 0.3 is 0 Å². The van der Waals surface area contributed by atoms with E-state index in [1.807, 2.05) is 40.7 Å². The van der Waals surface area contributed by atoms with Crippen LogP contribution in [0.5, 0.6) is 0 Å². The number of amides is 1. The maximum atomic E-state index is 12.9. The molecular formula is C22H19N3O2S2. The second-order valence-corrected chi connectivity index (χ2v) is 9.21. The summed E-state index contributed by atoms with van der Waals surface area (Å²) in [6.45, 7) is 2.97. The lowest BCUT2D eigenvalue weighted by atomic mass is 10.1. The van der Waals surface area contributed by atoms with Gasteiger partial charge in [0.25, 0.3) is 5.91 Å². The monoisotopic (exact) mass is 421 g/mol. The van der Waals surface area contributed by atoms with Gasteiger partial charge in [0.05, 0.1) is 27.6 Å². The summed E-state index contributed by atoms with van der Waals surface area (Å²) in [4.78, 5) is 20.3. The van der Waals surface area contributed by atoms with Gasteiger partial charge in [-0.2, -0.15) is 0 Å². The lowest BCUT2D eigenvalue weighted by Gasteiger charge is -2.23. The molecule has 3 aromatic rings. The van der Waals surface area contributed by atoms with Crippen LogP contribution in [0, 0.1) is 0 Å². The van der Waals surface area contributed by atoms with Crippen LogP contribution in [0.4, 0.5) is 0 Å². The standard InChI is InChI=1S/C22H19N3O2S2/c26-13-19(15-4-2-1-3-5-15)22(27)24-9-16-11-25(12-17(16)10-24)29-18-6-7-20-21(8-18)28-14-23-20/h1-8,13-14,26H,9-12H2/b19-13+. The predicted molar refractivity (Wildman–Crippen MR) is 118 cm³/mol. The average Bonchev–Trinajstić information content (AvgIpc) is 3.43. The Morgan fingerprint density at radius 1 is 1.07 bits per heavy atom. The number of carbonyl (C=O) groups excluding carboxylic acids is 1. The Morgan fingerprint density at radius 2 is 1.83 bits per heavy atom. The zero-order valence-electron chi connectivity index (χ0n) is 15.6. The molecule has 0 fully saturated rings. The van der Waals surface area contributed by atoms with E-state index in [4.69, 9.17) is 0 Å². The Kier molecular flexibility index (Phi) is 4.87. The molecule has 2 aliphatic heterocycles. The molecule has 0 atom stereocenters.